The van der Waals surface area contributed by atoms with E-state index in [1.807, 2.05) is 0 Å². The Labute approximate surface area is 67.2 Å². The van der Waals surface area contributed by atoms with E-state index in [1.54, 1.807) is 39.0 Å². The molecule has 0 atom stereocenters. The maximum absolute atomic E-state index is 10.1. The van der Waals surface area contributed by atoms with Crippen LogP contribution in [-0.2, 0) is 4.79 Å². The molecule has 0 spiro atoms. The zero-order valence-corrected chi connectivity index (χ0v) is 7.16. The Balaban J connectivity index is 4.06. The van der Waals surface area contributed by atoms with E-state index in [0.717, 1.165) is 6.29 Å². The van der Waals surface area contributed by atoms with Gasteiger partial charge in [0.2, 0.25) is 0 Å². The molecule has 0 fully saturated rings. The quantitative estimate of drug-likeness (QED) is 0.379. The summed E-state index contributed by atoms with van der Waals surface area (Å²) >= 11 is 0. The molecule has 62 valence electrons. The maximum Gasteiger partial charge on any atom is 0.145 e. The first kappa shape index (κ1) is 10.1. The van der Waals surface area contributed by atoms with Gasteiger partial charge in [0, 0.05) is 0 Å². The molecule has 2 nitrogen and oxygen atoms in total. The molecule has 0 aromatic heterocycles. The van der Waals surface area contributed by atoms with Crippen LogP contribution in [0.15, 0.2) is 23.8 Å². The molecule has 0 saturated carbocycles. The molecule has 0 amide bonds. The van der Waals surface area contributed by atoms with E-state index in [9.17, 15) is 9.90 Å². The van der Waals surface area contributed by atoms with Gasteiger partial charge in [-0.2, -0.15) is 0 Å². The van der Waals surface area contributed by atoms with E-state index in [1.165, 1.54) is 0 Å². The summed E-state index contributed by atoms with van der Waals surface area (Å²) in [4.78, 5) is 10.1. The number of hydrogen-bond acceptors (Lipinski definition) is 2. The second kappa shape index (κ2) is 4.09. The van der Waals surface area contributed by atoms with Crippen molar-refractivity contribution in [2.75, 3.05) is 0 Å². The number of carbonyl (C=O) groups is 1. The standard InChI is InChI=1S/C9H14O2/c1-8(7-10)5-4-6-9(2,3)11/h4-7,11H,1-3H3. The highest BCUT2D eigenvalue weighted by atomic mass is 16.3. The largest absolute Gasteiger partial charge is 0.386 e. The summed E-state index contributed by atoms with van der Waals surface area (Å²) in [6, 6.07) is 0. The average Bonchev–Trinajstić information content (AvgIpc) is 1.85. The van der Waals surface area contributed by atoms with Gasteiger partial charge < -0.3 is 5.11 Å². The Bertz CT molecular complexity index is 182. The molecule has 0 rings (SSSR count). The minimum Gasteiger partial charge on any atom is -0.386 e. The van der Waals surface area contributed by atoms with Gasteiger partial charge in [-0.1, -0.05) is 18.2 Å². The molecule has 0 bridgehead atoms. The lowest BCUT2D eigenvalue weighted by Crippen LogP contribution is -2.13. The molecule has 0 saturated heterocycles. The number of aldehydes is 1. The number of hydrogen-bond donors (Lipinski definition) is 1. The van der Waals surface area contributed by atoms with E-state index in [0.29, 0.717) is 5.57 Å². The zero-order valence-electron chi connectivity index (χ0n) is 7.16. The minimum atomic E-state index is -0.806. The molecular formula is C9H14O2. The van der Waals surface area contributed by atoms with Gasteiger partial charge in [-0.3, -0.25) is 4.79 Å². The summed E-state index contributed by atoms with van der Waals surface area (Å²) in [7, 11) is 0. The second-order valence-electron chi connectivity index (χ2n) is 3.04. The summed E-state index contributed by atoms with van der Waals surface area (Å²) in [6.07, 6.45) is 5.73. The first-order valence-corrected chi connectivity index (χ1v) is 3.49. The van der Waals surface area contributed by atoms with Crippen LogP contribution in [0.25, 0.3) is 0 Å². The van der Waals surface area contributed by atoms with Crippen molar-refractivity contribution in [3.63, 3.8) is 0 Å². The highest BCUT2D eigenvalue weighted by Crippen LogP contribution is 2.02. The van der Waals surface area contributed by atoms with Gasteiger partial charge >= 0.3 is 0 Å². The van der Waals surface area contributed by atoms with Crippen molar-refractivity contribution >= 4 is 6.29 Å². The molecule has 0 aromatic rings. The second-order valence-corrected chi connectivity index (χ2v) is 3.04. The normalized spacial score (nSPS) is 14.0. The predicted octanol–water partition coefficient (Wildman–Crippen LogP) is 1.46. The number of carbonyl (C=O) groups excluding carboxylic acids is 1. The van der Waals surface area contributed by atoms with Crippen molar-refractivity contribution in [1.82, 2.24) is 0 Å². The molecule has 0 aliphatic rings. The van der Waals surface area contributed by atoms with Crippen LogP contribution in [0.1, 0.15) is 20.8 Å². The van der Waals surface area contributed by atoms with Crippen LogP contribution in [-0.4, -0.2) is 17.0 Å². The first-order valence-electron chi connectivity index (χ1n) is 3.49. The van der Waals surface area contributed by atoms with E-state index >= 15 is 0 Å². The third kappa shape index (κ3) is 7.00. The smallest absolute Gasteiger partial charge is 0.145 e. The first-order chi connectivity index (χ1) is 4.95. The highest BCUT2D eigenvalue weighted by Gasteiger charge is 2.04. The van der Waals surface area contributed by atoms with Crippen molar-refractivity contribution in [2.45, 2.75) is 26.4 Å². The maximum atomic E-state index is 10.1. The van der Waals surface area contributed by atoms with Crippen LogP contribution in [0.5, 0.6) is 0 Å². The van der Waals surface area contributed by atoms with E-state index in [4.69, 9.17) is 0 Å². The van der Waals surface area contributed by atoms with Gasteiger partial charge in [-0.25, -0.2) is 0 Å². The number of rotatable bonds is 3. The van der Waals surface area contributed by atoms with Gasteiger partial charge in [-0.15, -0.1) is 0 Å². The molecule has 11 heavy (non-hydrogen) atoms. The third-order valence-electron chi connectivity index (χ3n) is 1.05. The molecule has 2 heteroatoms. The van der Waals surface area contributed by atoms with Crippen molar-refractivity contribution in [2.24, 2.45) is 0 Å². The summed E-state index contributed by atoms with van der Waals surface area (Å²) in [5.74, 6) is 0. The van der Waals surface area contributed by atoms with Crippen LogP contribution in [0.4, 0.5) is 0 Å². The minimum absolute atomic E-state index is 0.644. The number of aliphatic hydroxyl groups is 1. The van der Waals surface area contributed by atoms with Gasteiger partial charge in [0.15, 0.2) is 0 Å². The van der Waals surface area contributed by atoms with Crippen LogP contribution in [0, 0.1) is 0 Å². The van der Waals surface area contributed by atoms with E-state index in [2.05, 4.69) is 0 Å². The summed E-state index contributed by atoms with van der Waals surface area (Å²) in [6.45, 7) is 5.06. The lowest BCUT2D eigenvalue weighted by atomic mass is 10.1. The molecule has 0 aliphatic heterocycles. The molecule has 0 aliphatic carbocycles. The van der Waals surface area contributed by atoms with Crippen molar-refractivity contribution < 1.29 is 9.90 Å². The van der Waals surface area contributed by atoms with E-state index in [-0.39, 0.29) is 0 Å². The Morgan fingerprint density at radius 2 is 2.00 bits per heavy atom. The van der Waals surface area contributed by atoms with Crippen LogP contribution < -0.4 is 0 Å². The Hall–Kier alpha value is -0.890. The fraction of sp³-hybridized carbons (Fsp3) is 0.444. The third-order valence-corrected chi connectivity index (χ3v) is 1.05. The fourth-order valence-electron chi connectivity index (χ4n) is 0.475. The van der Waals surface area contributed by atoms with E-state index < -0.39 is 5.60 Å². The van der Waals surface area contributed by atoms with Crippen LogP contribution in [0.2, 0.25) is 0 Å². The van der Waals surface area contributed by atoms with Gasteiger partial charge in [0.1, 0.15) is 6.29 Å². The van der Waals surface area contributed by atoms with Gasteiger partial charge in [0.25, 0.3) is 0 Å². The Morgan fingerprint density at radius 1 is 1.45 bits per heavy atom. The van der Waals surface area contributed by atoms with Crippen LogP contribution >= 0.6 is 0 Å². The summed E-state index contributed by atoms with van der Waals surface area (Å²) in [5.41, 5.74) is -0.162. The van der Waals surface area contributed by atoms with Crippen molar-refractivity contribution in [3.8, 4) is 0 Å². The van der Waals surface area contributed by atoms with Crippen molar-refractivity contribution in [1.29, 1.82) is 0 Å². The molecule has 1 N–H and O–H groups in total. The summed E-state index contributed by atoms with van der Waals surface area (Å²) in [5, 5.41) is 9.20. The van der Waals surface area contributed by atoms with Crippen molar-refractivity contribution in [3.05, 3.63) is 23.8 Å². The molecule has 0 unspecified atom stereocenters. The lowest BCUT2D eigenvalue weighted by molar-refractivity contribution is -0.104. The molecule has 0 radical (unpaired) electrons. The number of allylic oxidation sites excluding steroid dienone is 3. The topological polar surface area (TPSA) is 37.3 Å². The van der Waals surface area contributed by atoms with Gasteiger partial charge in [0.05, 0.1) is 5.60 Å². The summed E-state index contributed by atoms with van der Waals surface area (Å²) < 4.78 is 0. The molecular weight excluding hydrogens is 140 g/mol. The lowest BCUT2D eigenvalue weighted by Gasteiger charge is -2.08. The average molecular weight is 154 g/mol. The highest BCUT2D eigenvalue weighted by molar-refractivity contribution is 5.72. The molecule has 0 heterocycles. The predicted molar refractivity (Wildman–Crippen MR) is 45.3 cm³/mol. The molecule has 0 aromatic carbocycles. The zero-order chi connectivity index (χ0) is 8.91. The van der Waals surface area contributed by atoms with Crippen LogP contribution in [0.3, 0.4) is 0 Å². The Kier molecular flexibility index (Phi) is 3.76. The fourth-order valence-corrected chi connectivity index (χ4v) is 0.475. The Morgan fingerprint density at radius 3 is 2.36 bits per heavy atom. The van der Waals surface area contributed by atoms with Gasteiger partial charge in [-0.05, 0) is 26.3 Å². The monoisotopic (exact) mass is 154 g/mol. The SMILES string of the molecule is CC(C=O)=CC=CC(C)(C)O.